The van der Waals surface area contributed by atoms with Gasteiger partial charge in [-0.1, -0.05) is 43.2 Å². The van der Waals surface area contributed by atoms with Crippen molar-refractivity contribution >= 4 is 66.8 Å². The van der Waals surface area contributed by atoms with Crippen LogP contribution in [0.4, 0.5) is 0 Å². The third-order valence-electron chi connectivity index (χ3n) is 10.4. The molecule has 2 aliphatic heterocycles. The van der Waals surface area contributed by atoms with Gasteiger partial charge in [0.25, 0.3) is 11.8 Å². The van der Waals surface area contributed by atoms with E-state index in [0.29, 0.717) is 48.0 Å². The number of nitrogens with zero attached hydrogens (tertiary/aromatic N) is 5. The second-order valence-corrected chi connectivity index (χ2v) is 17.0. The van der Waals surface area contributed by atoms with E-state index in [-0.39, 0.29) is 25.3 Å². The van der Waals surface area contributed by atoms with Gasteiger partial charge in [-0.15, -0.1) is 11.3 Å². The van der Waals surface area contributed by atoms with Gasteiger partial charge in [0, 0.05) is 29.3 Å². The normalized spacial score (nSPS) is 27.1. The minimum Gasteiger partial charge on any atom is -0.472 e. The number of nitrogens with one attached hydrogen (secondary N) is 3. The maximum Gasteiger partial charge on any atom is 0.263 e. The number of hydrogen-bond acceptors (Lipinski definition) is 12. The number of sulfonamides is 1. The van der Waals surface area contributed by atoms with Crippen LogP contribution in [0.15, 0.2) is 60.6 Å². The number of allylic oxidation sites excluding steroid dienone is 1. The summed E-state index contributed by atoms with van der Waals surface area (Å²) in [7, 11) is -3.89. The molecule has 4 aromatic rings. The molecule has 1 aromatic carbocycles. The number of thiazole rings is 1. The largest absolute Gasteiger partial charge is 0.472 e. The summed E-state index contributed by atoms with van der Waals surface area (Å²) in [6.07, 6.45) is 12.1. The van der Waals surface area contributed by atoms with Crippen molar-refractivity contribution in [3.05, 3.63) is 65.5 Å². The molecule has 4 aliphatic rings. The zero-order valence-corrected chi connectivity index (χ0v) is 30.3. The molecule has 2 saturated carbocycles. The lowest BCUT2D eigenvalue weighted by molar-refractivity contribution is -0.141. The molecule has 0 radical (unpaired) electrons. The first-order valence-electron chi connectivity index (χ1n) is 17.8. The Bertz CT molecular complexity index is 2230. The van der Waals surface area contributed by atoms with Gasteiger partial charge in [-0.05, 0) is 50.0 Å². The van der Waals surface area contributed by atoms with Gasteiger partial charge in [-0.3, -0.25) is 28.9 Å². The molecule has 0 bridgehead atoms. The van der Waals surface area contributed by atoms with Gasteiger partial charge in [0.2, 0.25) is 27.7 Å². The monoisotopic (exact) mass is 758 g/mol. The summed E-state index contributed by atoms with van der Waals surface area (Å²) in [5, 5.41) is 7.40. The van der Waals surface area contributed by atoms with Gasteiger partial charge in [0.15, 0.2) is 5.65 Å². The van der Waals surface area contributed by atoms with E-state index in [0.717, 1.165) is 35.0 Å². The Kier molecular flexibility index (Phi) is 9.30. The first kappa shape index (κ1) is 35.0. The van der Waals surface area contributed by atoms with Crippen molar-refractivity contribution in [3.8, 4) is 5.88 Å². The maximum atomic E-state index is 14.5. The number of carbonyl (C=O) groups is 4. The number of amides is 4. The maximum absolute atomic E-state index is 14.5. The van der Waals surface area contributed by atoms with Crippen LogP contribution in [0.25, 0.3) is 21.8 Å². The van der Waals surface area contributed by atoms with E-state index >= 15 is 0 Å². The number of hydrogen-bond donors (Lipinski definition) is 3. The second kappa shape index (κ2) is 14.1. The Hall–Kier alpha value is -5.03. The molecule has 3 fully saturated rings. The van der Waals surface area contributed by atoms with Crippen molar-refractivity contribution in [2.45, 2.75) is 86.8 Å². The summed E-state index contributed by atoms with van der Waals surface area (Å²) in [6.45, 7) is -0.0136. The van der Waals surface area contributed by atoms with Gasteiger partial charge in [-0.25, -0.2) is 18.4 Å². The molecule has 3 N–H and O–H groups in total. The fraction of sp³-hybridized carbons (Fsp3) is 0.444. The molecule has 8 rings (SSSR count). The second-order valence-electron chi connectivity index (χ2n) is 14.1. The van der Waals surface area contributed by atoms with Gasteiger partial charge >= 0.3 is 0 Å². The van der Waals surface area contributed by atoms with Crippen molar-refractivity contribution in [2.75, 3.05) is 6.54 Å². The average Bonchev–Trinajstić information content (AvgIpc) is 4.01. The highest BCUT2D eigenvalue weighted by Crippen LogP contribution is 2.46. The van der Waals surface area contributed by atoms with E-state index in [9.17, 15) is 27.6 Å². The number of carbonyl (C=O) groups excluding carboxylic acids is 4. The topological polar surface area (TPSA) is 203 Å². The van der Waals surface area contributed by atoms with E-state index in [1.165, 1.54) is 22.9 Å². The van der Waals surface area contributed by atoms with Gasteiger partial charge in [0.1, 0.15) is 34.9 Å². The molecule has 0 unspecified atom stereocenters. The first-order valence-corrected chi connectivity index (χ1v) is 20.3. The van der Waals surface area contributed by atoms with Crippen LogP contribution in [0, 0.1) is 5.92 Å². The fourth-order valence-electron chi connectivity index (χ4n) is 7.32. The molecule has 3 aromatic heterocycles. The molecule has 15 nitrogen and oxygen atoms in total. The fourth-order valence-corrected chi connectivity index (χ4v) is 9.20. The molecular formula is C36H38N8O7S2. The molecule has 5 heterocycles. The number of ether oxygens (including phenoxy) is 1. The molecule has 5 atom stereocenters. The summed E-state index contributed by atoms with van der Waals surface area (Å²) in [5.41, 5.74) is 0.453. The zero-order valence-electron chi connectivity index (χ0n) is 28.6. The van der Waals surface area contributed by atoms with E-state index in [1.807, 2.05) is 36.4 Å². The lowest BCUT2D eigenvalue weighted by Gasteiger charge is -2.29. The molecular weight excluding hydrogens is 721 g/mol. The van der Waals surface area contributed by atoms with Crippen molar-refractivity contribution < 1.29 is 32.3 Å². The Morgan fingerprint density at radius 3 is 2.64 bits per heavy atom. The summed E-state index contributed by atoms with van der Waals surface area (Å²) in [6, 6.07) is 5.45. The van der Waals surface area contributed by atoms with E-state index < -0.39 is 68.5 Å². The SMILES string of the molecule is O=C(N[C@H]1CCCCC/C=C\[C@H]2C[C@@]2(C(=O)NS(=O)(=O)C2CC2)NC(=O)[C@@H]2C[C@@H](Oc3nc4ncncc4c4ccccc34)CN2C1=O)c1cncs1. The van der Waals surface area contributed by atoms with Crippen LogP contribution in [-0.4, -0.2) is 92.4 Å². The Labute approximate surface area is 309 Å². The Morgan fingerprint density at radius 1 is 1.02 bits per heavy atom. The van der Waals surface area contributed by atoms with E-state index in [4.69, 9.17) is 4.74 Å². The number of pyridine rings is 1. The van der Waals surface area contributed by atoms with Gasteiger partial charge < -0.3 is 20.3 Å². The highest BCUT2D eigenvalue weighted by molar-refractivity contribution is 7.91. The predicted molar refractivity (Wildman–Crippen MR) is 194 cm³/mol. The molecule has 4 amide bonds. The summed E-state index contributed by atoms with van der Waals surface area (Å²) in [5.74, 6) is -2.47. The lowest BCUT2D eigenvalue weighted by atomic mass is 10.0. The summed E-state index contributed by atoms with van der Waals surface area (Å²) in [4.78, 5) is 74.8. The van der Waals surface area contributed by atoms with E-state index in [2.05, 4.69) is 35.3 Å². The average molecular weight is 759 g/mol. The van der Waals surface area contributed by atoms with E-state index in [1.54, 1.807) is 6.20 Å². The predicted octanol–water partition coefficient (Wildman–Crippen LogP) is 2.79. The Balaban J connectivity index is 1.12. The Morgan fingerprint density at radius 2 is 1.85 bits per heavy atom. The molecule has 1 saturated heterocycles. The lowest BCUT2D eigenvalue weighted by Crippen LogP contribution is -2.58. The zero-order chi connectivity index (χ0) is 36.7. The van der Waals surface area contributed by atoms with Crippen molar-refractivity contribution in [2.24, 2.45) is 5.92 Å². The smallest absolute Gasteiger partial charge is 0.263 e. The summed E-state index contributed by atoms with van der Waals surface area (Å²) >= 11 is 1.15. The van der Waals surface area contributed by atoms with Crippen LogP contribution in [-0.2, 0) is 24.4 Å². The molecule has 0 spiro atoms. The van der Waals surface area contributed by atoms with Gasteiger partial charge in [-0.2, -0.15) is 4.98 Å². The minimum absolute atomic E-state index is 0.0136. The number of rotatable bonds is 7. The molecule has 276 valence electrons. The van der Waals surface area contributed by atoms with Crippen molar-refractivity contribution in [1.82, 2.24) is 40.2 Å². The van der Waals surface area contributed by atoms with Gasteiger partial charge in [0.05, 0.1) is 23.5 Å². The number of benzene rings is 1. The third kappa shape index (κ3) is 7.06. The van der Waals surface area contributed by atoms with Crippen LogP contribution < -0.4 is 20.1 Å². The minimum atomic E-state index is -3.89. The highest BCUT2D eigenvalue weighted by Gasteiger charge is 2.62. The number of aromatic nitrogens is 4. The van der Waals surface area contributed by atoms with Crippen molar-refractivity contribution in [3.63, 3.8) is 0 Å². The third-order valence-corrected chi connectivity index (χ3v) is 13.0. The van der Waals surface area contributed by atoms with Crippen LogP contribution >= 0.6 is 11.3 Å². The number of fused-ring (bicyclic) bond motifs is 5. The standard InChI is InChI=1S/C36H38N8O7S2/c45-31-28-14-22(51-33-25-10-7-6-9-24(25)26-16-37-19-39-30(26)41-33)18-44(28)34(47)27(40-32(46)29-17-38-20-52-29)11-5-3-1-2-4-8-21-15-36(21,42-31)35(48)43-53(49,50)23-12-13-23/h4,6-10,16-17,19-23,27-28H,1-3,5,11-15,18H2,(H,40,46)(H,42,45)(H,43,48)/b8-4-/t21-,22+,27-,28-,36+/m0/s1. The first-order chi connectivity index (χ1) is 25.6. The molecule has 53 heavy (non-hydrogen) atoms. The van der Waals surface area contributed by atoms with Crippen LogP contribution in [0.3, 0.4) is 0 Å². The van der Waals surface area contributed by atoms with Crippen LogP contribution in [0.5, 0.6) is 5.88 Å². The molecule has 2 aliphatic carbocycles. The van der Waals surface area contributed by atoms with Crippen LogP contribution in [0.2, 0.25) is 0 Å². The highest BCUT2D eigenvalue weighted by atomic mass is 32.2. The summed E-state index contributed by atoms with van der Waals surface area (Å²) < 4.78 is 34.4. The van der Waals surface area contributed by atoms with Crippen LogP contribution in [0.1, 0.15) is 67.5 Å². The van der Waals surface area contributed by atoms with Crippen molar-refractivity contribution in [1.29, 1.82) is 0 Å². The molecule has 17 heteroatoms. The quantitative estimate of drug-likeness (QED) is 0.185.